The number of anilines is 2. The topological polar surface area (TPSA) is 122 Å². The van der Waals surface area contributed by atoms with Crippen LogP contribution in [0.15, 0.2) is 33.9 Å². The number of carbonyl (C=O) groups is 2. The van der Waals surface area contributed by atoms with Gasteiger partial charge in [0, 0.05) is 56.0 Å². The van der Waals surface area contributed by atoms with Gasteiger partial charge in [0.2, 0.25) is 0 Å². The molecule has 2 aromatic carbocycles. The molecule has 16 heteroatoms. The Morgan fingerprint density at radius 3 is 2.16 bits per heavy atom. The van der Waals surface area contributed by atoms with Crippen molar-refractivity contribution in [3.05, 3.63) is 66.9 Å². The van der Waals surface area contributed by atoms with E-state index in [4.69, 9.17) is 32.7 Å². The third-order valence-corrected chi connectivity index (χ3v) is 10.8. The van der Waals surface area contributed by atoms with E-state index in [1.54, 1.807) is 14.3 Å². The molecule has 4 aromatic rings. The molecule has 2 amide bonds. The summed E-state index contributed by atoms with van der Waals surface area (Å²) in [5.41, 5.74) is -0.378. The summed E-state index contributed by atoms with van der Waals surface area (Å²) in [7, 11) is 0. The fraction of sp³-hybridized carbons (Fsp3) is 0.429. The van der Waals surface area contributed by atoms with Gasteiger partial charge in [-0.25, -0.2) is 18.1 Å². The first-order valence-corrected chi connectivity index (χ1v) is 17.7. The lowest BCUT2D eigenvalue weighted by Gasteiger charge is -2.37. The molecule has 0 aliphatic carbocycles. The highest BCUT2D eigenvalue weighted by molar-refractivity contribution is 6.32. The average molecular weight is 744 g/mol. The van der Waals surface area contributed by atoms with Crippen molar-refractivity contribution in [3.8, 4) is 33.8 Å². The molecule has 0 saturated heterocycles. The first kappa shape index (κ1) is 33.6. The van der Waals surface area contributed by atoms with Crippen LogP contribution in [0.3, 0.4) is 0 Å². The van der Waals surface area contributed by atoms with Crippen molar-refractivity contribution in [1.29, 1.82) is 0 Å². The van der Waals surface area contributed by atoms with Gasteiger partial charge in [-0.15, -0.1) is 0 Å². The molecule has 0 spiro atoms. The Labute approximate surface area is 300 Å². The predicted octanol–water partition coefficient (Wildman–Crippen LogP) is 5.52. The SMILES string of the molecule is CC(C)CN1C(=O)C(CC2CCn3c(Cl)c(-c4cc5c(cc4F)OCC(=O)N5)c(=O)n3C2)Oc2cc(F)c(-c3c(Cl)n4n(c3=O)CCCC4)cc21. The number of fused-ring (bicyclic) bond motifs is 4. The van der Waals surface area contributed by atoms with E-state index in [-0.39, 0.29) is 92.6 Å². The van der Waals surface area contributed by atoms with Crippen molar-refractivity contribution in [3.63, 3.8) is 0 Å². The van der Waals surface area contributed by atoms with Gasteiger partial charge in [0.15, 0.2) is 12.7 Å². The van der Waals surface area contributed by atoms with E-state index in [1.807, 2.05) is 13.8 Å². The standard InChI is InChI=1S/C35H34Cl2F2N6O6/c1-17(2)14-41-24-11-20(30-31(36)42-6-3-4-7-44(42)34(30)48)22(39)13-26(24)51-27(33(41)47)9-18-5-8-43-32(37)29(35(49)45(43)15-18)19-10-23-25(12-21(19)38)50-16-28(46)40-23/h10-13,17-18,27H,3-9,14-16H2,1-2H3,(H,40,46). The second-order valence-electron chi connectivity index (χ2n) is 13.9. The van der Waals surface area contributed by atoms with Crippen LogP contribution in [-0.4, -0.2) is 49.8 Å². The minimum Gasteiger partial charge on any atom is -0.481 e. The molecule has 51 heavy (non-hydrogen) atoms. The van der Waals surface area contributed by atoms with Gasteiger partial charge < -0.3 is 19.7 Å². The number of halogens is 4. The van der Waals surface area contributed by atoms with Gasteiger partial charge >= 0.3 is 0 Å². The summed E-state index contributed by atoms with van der Waals surface area (Å²) >= 11 is 13.3. The number of nitrogens with one attached hydrogen (secondary N) is 1. The van der Waals surface area contributed by atoms with Crippen LogP contribution >= 0.6 is 23.2 Å². The Morgan fingerprint density at radius 1 is 0.843 bits per heavy atom. The van der Waals surface area contributed by atoms with Crippen molar-refractivity contribution >= 4 is 46.4 Å². The van der Waals surface area contributed by atoms with Crippen LogP contribution in [0.1, 0.15) is 39.5 Å². The van der Waals surface area contributed by atoms with Crippen LogP contribution in [0.4, 0.5) is 20.2 Å². The van der Waals surface area contributed by atoms with Crippen molar-refractivity contribution in [1.82, 2.24) is 18.7 Å². The highest BCUT2D eigenvalue weighted by Gasteiger charge is 2.39. The summed E-state index contributed by atoms with van der Waals surface area (Å²) in [6, 6.07) is 5.13. The molecule has 0 radical (unpaired) electrons. The van der Waals surface area contributed by atoms with Crippen molar-refractivity contribution in [2.75, 3.05) is 23.4 Å². The number of hydrogen-bond acceptors (Lipinski definition) is 6. The number of aromatic nitrogens is 4. The highest BCUT2D eigenvalue weighted by Crippen LogP contribution is 2.43. The van der Waals surface area contributed by atoms with Gasteiger partial charge in [-0.1, -0.05) is 37.0 Å². The quantitative estimate of drug-likeness (QED) is 0.278. The van der Waals surface area contributed by atoms with E-state index in [0.717, 1.165) is 18.9 Å². The number of rotatable bonds is 6. The molecular formula is C35H34Cl2F2N6O6. The molecular weight excluding hydrogens is 709 g/mol. The van der Waals surface area contributed by atoms with Crippen molar-refractivity contribution < 1.29 is 27.8 Å². The fourth-order valence-electron chi connectivity index (χ4n) is 7.61. The van der Waals surface area contributed by atoms with Gasteiger partial charge in [-0.05, 0) is 49.7 Å². The molecule has 0 bridgehead atoms. The average Bonchev–Trinajstić information content (AvgIpc) is 3.49. The van der Waals surface area contributed by atoms with E-state index >= 15 is 8.78 Å². The van der Waals surface area contributed by atoms with Gasteiger partial charge in [0.25, 0.3) is 22.9 Å². The molecule has 1 N–H and O–H groups in total. The van der Waals surface area contributed by atoms with E-state index in [9.17, 15) is 19.2 Å². The lowest BCUT2D eigenvalue weighted by molar-refractivity contribution is -0.127. The van der Waals surface area contributed by atoms with Crippen molar-refractivity contribution in [2.24, 2.45) is 11.8 Å². The van der Waals surface area contributed by atoms with Crippen LogP contribution < -0.4 is 30.8 Å². The second-order valence-corrected chi connectivity index (χ2v) is 14.6. The molecule has 0 saturated carbocycles. The highest BCUT2D eigenvalue weighted by atomic mass is 35.5. The first-order chi connectivity index (χ1) is 24.4. The Kier molecular flexibility index (Phi) is 8.29. The molecule has 6 heterocycles. The molecule has 0 fully saturated rings. The van der Waals surface area contributed by atoms with E-state index in [1.165, 1.54) is 27.6 Å². The molecule has 12 nitrogen and oxygen atoms in total. The van der Waals surface area contributed by atoms with Gasteiger partial charge in [-0.3, -0.25) is 28.5 Å². The van der Waals surface area contributed by atoms with Crippen LogP contribution in [-0.2, 0) is 35.8 Å². The summed E-state index contributed by atoms with van der Waals surface area (Å²) < 4.78 is 48.9. The number of carbonyl (C=O) groups excluding carboxylic acids is 2. The third kappa shape index (κ3) is 5.54. The van der Waals surface area contributed by atoms with Gasteiger partial charge in [0.1, 0.15) is 33.4 Å². The molecule has 2 unspecified atom stereocenters. The lowest BCUT2D eigenvalue weighted by Crippen LogP contribution is -2.49. The molecule has 2 atom stereocenters. The maximum atomic E-state index is 15.9. The maximum Gasteiger partial charge on any atom is 0.276 e. The molecule has 4 aliphatic heterocycles. The number of benzene rings is 2. The monoisotopic (exact) mass is 742 g/mol. The first-order valence-electron chi connectivity index (χ1n) is 17.0. The summed E-state index contributed by atoms with van der Waals surface area (Å²) in [5.74, 6) is -2.00. The van der Waals surface area contributed by atoms with E-state index in [2.05, 4.69) is 5.32 Å². The number of nitrogens with zero attached hydrogens (tertiary/aromatic N) is 5. The number of hydrogen-bond donors (Lipinski definition) is 1. The zero-order valence-electron chi connectivity index (χ0n) is 27.8. The zero-order valence-corrected chi connectivity index (χ0v) is 29.3. The van der Waals surface area contributed by atoms with Crippen LogP contribution in [0, 0.1) is 23.5 Å². The fourth-order valence-corrected chi connectivity index (χ4v) is 8.33. The second kappa shape index (κ2) is 12.6. The minimum atomic E-state index is -0.976. The molecule has 4 aliphatic rings. The minimum absolute atomic E-state index is 0.00660. The Balaban J connectivity index is 1.09. The number of ether oxygens (including phenoxy) is 2. The largest absolute Gasteiger partial charge is 0.481 e. The summed E-state index contributed by atoms with van der Waals surface area (Å²) in [4.78, 5) is 54.6. The Hall–Kier alpha value is -4.56. The molecule has 8 rings (SSSR count). The Bertz CT molecular complexity index is 2260. The molecule has 268 valence electrons. The maximum absolute atomic E-state index is 15.9. The predicted molar refractivity (Wildman–Crippen MR) is 186 cm³/mol. The summed E-state index contributed by atoms with van der Waals surface area (Å²) in [6.07, 6.45) is 1.44. The van der Waals surface area contributed by atoms with E-state index < -0.39 is 29.2 Å². The van der Waals surface area contributed by atoms with Crippen LogP contribution in [0.5, 0.6) is 11.5 Å². The third-order valence-electron chi connectivity index (χ3n) is 10.0. The number of amides is 2. The summed E-state index contributed by atoms with van der Waals surface area (Å²) in [5, 5.41) is 2.83. The lowest BCUT2D eigenvalue weighted by atomic mass is 9.94. The zero-order chi connectivity index (χ0) is 35.9. The smallest absolute Gasteiger partial charge is 0.276 e. The Morgan fingerprint density at radius 2 is 1.47 bits per heavy atom. The van der Waals surface area contributed by atoms with E-state index in [0.29, 0.717) is 38.3 Å². The van der Waals surface area contributed by atoms with Crippen LogP contribution in [0.25, 0.3) is 22.3 Å². The normalized spacial score (nSPS) is 19.5. The van der Waals surface area contributed by atoms with Gasteiger partial charge in [0.05, 0.1) is 22.5 Å². The van der Waals surface area contributed by atoms with Crippen molar-refractivity contribution in [2.45, 2.75) is 71.8 Å². The summed E-state index contributed by atoms with van der Waals surface area (Å²) in [6.45, 7) is 5.52. The van der Waals surface area contributed by atoms with Crippen LogP contribution in [0.2, 0.25) is 10.3 Å². The van der Waals surface area contributed by atoms with Gasteiger partial charge in [-0.2, -0.15) is 0 Å². The molecule has 2 aromatic heterocycles.